The summed E-state index contributed by atoms with van der Waals surface area (Å²) in [6, 6.07) is -0.130. The van der Waals surface area contributed by atoms with Crippen LogP contribution in [0.2, 0.25) is 0 Å². The molecule has 90 valence electrons. The third-order valence-electron chi connectivity index (χ3n) is 2.13. The predicted molar refractivity (Wildman–Crippen MR) is 48.7 cm³/mol. The van der Waals surface area contributed by atoms with Gasteiger partial charge in [-0.15, -0.1) is 0 Å². The van der Waals surface area contributed by atoms with Crippen LogP contribution in [0.3, 0.4) is 0 Å². The number of carbonyl (C=O) groups excluding carboxylic acids is 1. The van der Waals surface area contributed by atoms with Gasteiger partial charge in [-0.3, -0.25) is 4.90 Å². The van der Waals surface area contributed by atoms with Crippen molar-refractivity contribution in [2.24, 2.45) is 5.73 Å². The largest absolute Gasteiger partial charge is 0.411 e. The van der Waals surface area contributed by atoms with Crippen LogP contribution in [0.5, 0.6) is 0 Å². The Morgan fingerprint density at radius 3 is 2.38 bits per heavy atom. The first-order valence-corrected chi connectivity index (χ1v) is 4.24. The number of alkyl halides is 3. The molecule has 0 aliphatic heterocycles. The van der Waals surface area contributed by atoms with E-state index < -0.39 is 17.7 Å². The van der Waals surface area contributed by atoms with Crippen molar-refractivity contribution in [3.8, 4) is 0 Å². The fourth-order valence-electron chi connectivity index (χ4n) is 1.12. The summed E-state index contributed by atoms with van der Waals surface area (Å²) in [5.41, 5.74) is 2.45. The van der Waals surface area contributed by atoms with E-state index in [0.29, 0.717) is 4.90 Å². The van der Waals surface area contributed by atoms with Crippen LogP contribution >= 0.6 is 0 Å². The summed E-state index contributed by atoms with van der Waals surface area (Å²) in [5, 5.41) is 3.27. The van der Waals surface area contributed by atoms with Crippen molar-refractivity contribution in [2.75, 3.05) is 4.90 Å². The highest BCUT2D eigenvalue weighted by atomic mass is 19.4. The van der Waals surface area contributed by atoms with Gasteiger partial charge in [0.15, 0.2) is 5.82 Å². The summed E-state index contributed by atoms with van der Waals surface area (Å²) in [6.07, 6.45) is -3.58. The van der Waals surface area contributed by atoms with E-state index in [2.05, 4.69) is 9.68 Å². The number of anilines is 1. The number of amides is 2. The molecule has 1 rings (SSSR count). The Morgan fingerprint density at radius 1 is 1.50 bits per heavy atom. The Bertz CT molecular complexity index is 372. The van der Waals surface area contributed by atoms with Crippen LogP contribution in [-0.4, -0.2) is 22.9 Å². The molecule has 0 aromatic carbocycles. The molecule has 0 saturated heterocycles. The van der Waals surface area contributed by atoms with Gasteiger partial charge >= 0.3 is 12.2 Å². The van der Waals surface area contributed by atoms with Crippen LogP contribution < -0.4 is 10.6 Å². The SMILES string of the molecule is CC(C)(N(C(N)=O)c1ccon1)C(F)(F)F. The van der Waals surface area contributed by atoms with Gasteiger partial charge in [-0.1, -0.05) is 5.16 Å². The Morgan fingerprint density at radius 2 is 2.06 bits per heavy atom. The second-order valence-electron chi connectivity index (χ2n) is 3.59. The molecule has 0 aliphatic carbocycles. The first-order valence-electron chi connectivity index (χ1n) is 4.24. The van der Waals surface area contributed by atoms with E-state index in [4.69, 9.17) is 5.73 Å². The van der Waals surface area contributed by atoms with Crippen molar-refractivity contribution in [3.05, 3.63) is 12.3 Å². The highest BCUT2D eigenvalue weighted by Crippen LogP contribution is 2.37. The standard InChI is InChI=1S/C8H10F3N3O2/c1-7(2,8(9,10)11)14(6(12)15)5-3-4-16-13-5/h3-4H,1-2H3,(H2,12,15). The van der Waals surface area contributed by atoms with E-state index in [0.717, 1.165) is 26.2 Å². The molecule has 16 heavy (non-hydrogen) atoms. The first kappa shape index (κ1) is 12.3. The van der Waals surface area contributed by atoms with Crippen molar-refractivity contribution in [1.29, 1.82) is 0 Å². The maximum atomic E-state index is 12.7. The first-order chi connectivity index (χ1) is 7.18. The molecule has 1 aromatic heterocycles. The van der Waals surface area contributed by atoms with Crippen molar-refractivity contribution in [3.63, 3.8) is 0 Å². The lowest BCUT2D eigenvalue weighted by Crippen LogP contribution is -2.59. The zero-order valence-electron chi connectivity index (χ0n) is 8.58. The molecule has 8 heteroatoms. The molecule has 2 N–H and O–H groups in total. The number of urea groups is 1. The number of rotatable bonds is 2. The summed E-state index contributed by atoms with van der Waals surface area (Å²) < 4.78 is 42.6. The molecular formula is C8H10F3N3O2. The summed E-state index contributed by atoms with van der Waals surface area (Å²) in [4.78, 5) is 11.4. The quantitative estimate of drug-likeness (QED) is 0.853. The number of halogens is 3. The van der Waals surface area contributed by atoms with E-state index in [-0.39, 0.29) is 5.82 Å². The average Bonchev–Trinajstić information content (AvgIpc) is 2.53. The summed E-state index contributed by atoms with van der Waals surface area (Å²) in [5.74, 6) is -0.283. The molecule has 1 aromatic rings. The molecule has 0 unspecified atom stereocenters. The Kier molecular flexibility index (Phi) is 2.85. The van der Waals surface area contributed by atoms with Gasteiger partial charge in [-0.2, -0.15) is 13.2 Å². The third-order valence-corrected chi connectivity index (χ3v) is 2.13. The highest BCUT2D eigenvalue weighted by Gasteiger charge is 2.54. The predicted octanol–water partition coefficient (Wildman–Crippen LogP) is 1.90. The van der Waals surface area contributed by atoms with Crippen LogP contribution in [0.4, 0.5) is 23.8 Å². The number of carbonyl (C=O) groups is 1. The molecule has 1 heterocycles. The normalized spacial score (nSPS) is 12.6. The molecule has 0 radical (unpaired) electrons. The van der Waals surface area contributed by atoms with Crippen LogP contribution in [0.1, 0.15) is 13.8 Å². The van der Waals surface area contributed by atoms with Gasteiger partial charge < -0.3 is 10.3 Å². The van der Waals surface area contributed by atoms with Gasteiger partial charge in [-0.25, -0.2) is 4.79 Å². The van der Waals surface area contributed by atoms with E-state index in [1.165, 1.54) is 0 Å². The van der Waals surface area contributed by atoms with Crippen molar-refractivity contribution >= 4 is 11.8 Å². The fraction of sp³-hybridized carbons (Fsp3) is 0.500. The molecule has 0 spiro atoms. The number of primary amides is 1. The minimum absolute atomic E-state index is 0.283. The molecule has 0 aliphatic rings. The Balaban J connectivity index is 3.19. The molecule has 0 atom stereocenters. The van der Waals surface area contributed by atoms with E-state index in [9.17, 15) is 18.0 Å². The van der Waals surface area contributed by atoms with Crippen LogP contribution in [-0.2, 0) is 0 Å². The van der Waals surface area contributed by atoms with E-state index in [1.807, 2.05) is 0 Å². The van der Waals surface area contributed by atoms with Crippen molar-refractivity contribution in [2.45, 2.75) is 25.6 Å². The minimum atomic E-state index is -4.64. The van der Waals surface area contributed by atoms with Gasteiger partial charge in [0.2, 0.25) is 0 Å². The van der Waals surface area contributed by atoms with E-state index in [1.54, 1.807) is 0 Å². The van der Waals surface area contributed by atoms with Crippen LogP contribution in [0, 0.1) is 0 Å². The third kappa shape index (κ3) is 1.95. The van der Waals surface area contributed by atoms with Gasteiger partial charge in [0.1, 0.15) is 11.8 Å². The summed E-state index contributed by atoms with van der Waals surface area (Å²) in [7, 11) is 0. The second kappa shape index (κ2) is 3.69. The van der Waals surface area contributed by atoms with Gasteiger partial charge in [-0.05, 0) is 13.8 Å². The van der Waals surface area contributed by atoms with E-state index >= 15 is 0 Å². The fourth-order valence-corrected chi connectivity index (χ4v) is 1.12. The Labute approximate surface area is 89.0 Å². The lowest BCUT2D eigenvalue weighted by molar-refractivity contribution is -0.174. The number of hydrogen-bond donors (Lipinski definition) is 1. The highest BCUT2D eigenvalue weighted by molar-refractivity contribution is 5.91. The molecule has 5 nitrogen and oxygen atoms in total. The lowest BCUT2D eigenvalue weighted by atomic mass is 10.0. The van der Waals surface area contributed by atoms with Gasteiger partial charge in [0, 0.05) is 6.07 Å². The topological polar surface area (TPSA) is 72.4 Å². The number of aromatic nitrogens is 1. The Hall–Kier alpha value is -1.73. The van der Waals surface area contributed by atoms with Crippen LogP contribution in [0.25, 0.3) is 0 Å². The molecule has 2 amide bonds. The molecule has 0 fully saturated rings. The number of hydrogen-bond acceptors (Lipinski definition) is 3. The zero-order valence-corrected chi connectivity index (χ0v) is 8.58. The molecule has 0 saturated carbocycles. The lowest BCUT2D eigenvalue weighted by Gasteiger charge is -2.36. The van der Waals surface area contributed by atoms with Gasteiger partial charge in [0.25, 0.3) is 0 Å². The molecule has 0 bridgehead atoms. The van der Waals surface area contributed by atoms with Crippen molar-refractivity contribution < 1.29 is 22.5 Å². The smallest absolute Gasteiger partial charge is 0.363 e. The second-order valence-corrected chi connectivity index (χ2v) is 3.59. The van der Waals surface area contributed by atoms with Gasteiger partial charge in [0.05, 0.1) is 0 Å². The maximum absolute atomic E-state index is 12.7. The molecular weight excluding hydrogens is 227 g/mol. The minimum Gasteiger partial charge on any atom is -0.363 e. The summed E-state index contributed by atoms with van der Waals surface area (Å²) in [6.45, 7) is 1.65. The number of nitrogens with two attached hydrogens (primary N) is 1. The maximum Gasteiger partial charge on any atom is 0.411 e. The monoisotopic (exact) mass is 237 g/mol. The van der Waals surface area contributed by atoms with Crippen LogP contribution in [0.15, 0.2) is 16.9 Å². The zero-order chi connectivity index (χ0) is 12.6. The number of nitrogens with zero attached hydrogens (tertiary/aromatic N) is 2. The van der Waals surface area contributed by atoms with Crippen molar-refractivity contribution in [1.82, 2.24) is 5.16 Å². The summed E-state index contributed by atoms with van der Waals surface area (Å²) >= 11 is 0. The average molecular weight is 237 g/mol.